The summed E-state index contributed by atoms with van der Waals surface area (Å²) in [6.07, 6.45) is 3.00. The Hall–Kier alpha value is -1.60. The topological polar surface area (TPSA) is 84.5 Å². The molecule has 0 saturated carbocycles. The minimum atomic E-state index is -3.43. The molecule has 0 radical (unpaired) electrons. The summed E-state index contributed by atoms with van der Waals surface area (Å²) in [5.41, 5.74) is 0.717. The molecule has 1 aromatic carbocycles. The van der Waals surface area contributed by atoms with Gasteiger partial charge in [-0.3, -0.25) is 4.79 Å². The normalized spacial score (nSPS) is 14.1. The quantitative estimate of drug-likeness (QED) is 0.719. The van der Waals surface area contributed by atoms with E-state index < -0.39 is 16.1 Å². The number of rotatable bonds is 9. The van der Waals surface area contributed by atoms with E-state index in [1.807, 2.05) is 13.8 Å². The van der Waals surface area contributed by atoms with Crippen molar-refractivity contribution in [2.45, 2.75) is 45.2 Å². The number of nitrogens with one attached hydrogen (secondary N) is 2. The fourth-order valence-corrected chi connectivity index (χ4v) is 3.08. The predicted octanol–water partition coefficient (Wildman–Crippen LogP) is 1.98. The van der Waals surface area contributed by atoms with Crippen LogP contribution in [-0.4, -0.2) is 33.7 Å². The maximum absolute atomic E-state index is 12.2. The summed E-state index contributed by atoms with van der Waals surface area (Å²) in [7, 11) is -1.87. The molecule has 0 spiro atoms. The molecule has 0 bridgehead atoms. The maximum Gasteiger partial charge on any atom is 0.222 e. The Labute approximate surface area is 138 Å². The summed E-state index contributed by atoms with van der Waals surface area (Å²) < 4.78 is 30.8. The fraction of sp³-hybridized carbons (Fsp3) is 0.562. The molecule has 130 valence electrons. The number of carbonyl (C=O) groups excluding carboxylic acids is 1. The summed E-state index contributed by atoms with van der Waals surface area (Å²) in [5.74, 6) is 0.496. The minimum absolute atomic E-state index is 0.0491. The average molecular weight is 342 g/mol. The Morgan fingerprint density at radius 2 is 1.87 bits per heavy atom. The number of benzene rings is 1. The maximum atomic E-state index is 12.2. The molecule has 2 atom stereocenters. The van der Waals surface area contributed by atoms with Crippen LogP contribution in [0.5, 0.6) is 5.75 Å². The molecule has 0 fully saturated rings. The van der Waals surface area contributed by atoms with Crippen LogP contribution in [0.25, 0.3) is 0 Å². The molecule has 1 aromatic rings. The number of ether oxygens (including phenoxy) is 1. The number of sulfonamides is 1. The summed E-state index contributed by atoms with van der Waals surface area (Å²) >= 11 is 0. The van der Waals surface area contributed by atoms with Gasteiger partial charge in [0.25, 0.3) is 0 Å². The molecule has 0 aliphatic heterocycles. The van der Waals surface area contributed by atoms with Gasteiger partial charge in [0.2, 0.25) is 15.9 Å². The Morgan fingerprint density at radius 1 is 1.26 bits per heavy atom. The first-order chi connectivity index (χ1) is 10.7. The van der Waals surface area contributed by atoms with E-state index in [4.69, 9.17) is 4.74 Å². The third kappa shape index (κ3) is 7.47. The van der Waals surface area contributed by atoms with Crippen LogP contribution in [0, 0.1) is 0 Å². The van der Waals surface area contributed by atoms with Crippen LogP contribution in [0.15, 0.2) is 24.3 Å². The number of hydrogen-bond donors (Lipinski definition) is 2. The lowest BCUT2D eigenvalue weighted by Gasteiger charge is -2.20. The zero-order valence-electron chi connectivity index (χ0n) is 14.1. The first-order valence-electron chi connectivity index (χ1n) is 7.65. The first-order valence-corrected chi connectivity index (χ1v) is 9.55. The van der Waals surface area contributed by atoms with Crippen molar-refractivity contribution in [3.8, 4) is 5.75 Å². The lowest BCUT2D eigenvalue weighted by Crippen LogP contribution is -2.36. The highest BCUT2D eigenvalue weighted by Gasteiger charge is 2.20. The van der Waals surface area contributed by atoms with Gasteiger partial charge in [-0.15, -0.1) is 0 Å². The van der Waals surface area contributed by atoms with Gasteiger partial charge in [0.05, 0.1) is 19.4 Å². The Kier molecular flexibility index (Phi) is 7.51. The molecule has 0 aliphatic rings. The molecule has 0 unspecified atom stereocenters. The van der Waals surface area contributed by atoms with Gasteiger partial charge in [-0.1, -0.05) is 25.5 Å². The third-order valence-electron chi connectivity index (χ3n) is 3.39. The smallest absolute Gasteiger partial charge is 0.222 e. The highest BCUT2D eigenvalue weighted by atomic mass is 32.2. The van der Waals surface area contributed by atoms with Crippen molar-refractivity contribution in [3.05, 3.63) is 29.8 Å². The molecule has 23 heavy (non-hydrogen) atoms. The van der Waals surface area contributed by atoms with Crippen LogP contribution in [-0.2, 0) is 14.8 Å². The molecule has 7 heteroatoms. The monoisotopic (exact) mass is 342 g/mol. The van der Waals surface area contributed by atoms with Crippen molar-refractivity contribution in [3.63, 3.8) is 0 Å². The molecular formula is C16H26N2O4S. The molecule has 0 aliphatic carbocycles. The van der Waals surface area contributed by atoms with E-state index in [-0.39, 0.29) is 18.4 Å². The van der Waals surface area contributed by atoms with Gasteiger partial charge in [-0.05, 0) is 31.0 Å². The van der Waals surface area contributed by atoms with Crippen LogP contribution in [0.4, 0.5) is 0 Å². The van der Waals surface area contributed by atoms with Crippen LogP contribution < -0.4 is 14.8 Å². The van der Waals surface area contributed by atoms with E-state index >= 15 is 0 Å². The molecule has 1 rings (SSSR count). The minimum Gasteiger partial charge on any atom is -0.497 e. The molecule has 2 N–H and O–H groups in total. The van der Waals surface area contributed by atoms with Crippen molar-refractivity contribution >= 4 is 15.9 Å². The Bertz CT molecular complexity index is 599. The zero-order chi connectivity index (χ0) is 17.5. The number of hydrogen-bond acceptors (Lipinski definition) is 4. The van der Waals surface area contributed by atoms with E-state index in [9.17, 15) is 13.2 Å². The Morgan fingerprint density at radius 3 is 2.35 bits per heavy atom. The lowest BCUT2D eigenvalue weighted by atomic mass is 10.0. The lowest BCUT2D eigenvalue weighted by molar-refractivity contribution is -0.122. The average Bonchev–Trinajstić information content (AvgIpc) is 2.45. The summed E-state index contributed by atoms with van der Waals surface area (Å²) in [5, 5.41) is 2.89. The van der Waals surface area contributed by atoms with Crippen molar-refractivity contribution < 1.29 is 17.9 Å². The van der Waals surface area contributed by atoms with Crippen molar-refractivity contribution in [1.29, 1.82) is 0 Å². The van der Waals surface area contributed by atoms with Crippen molar-refractivity contribution in [2.24, 2.45) is 0 Å². The van der Waals surface area contributed by atoms with Gasteiger partial charge >= 0.3 is 0 Å². The van der Waals surface area contributed by atoms with Gasteiger partial charge in [-0.25, -0.2) is 13.1 Å². The van der Waals surface area contributed by atoms with Crippen LogP contribution in [0.3, 0.4) is 0 Å². The number of amides is 1. The number of methoxy groups -OCH3 is 1. The van der Waals surface area contributed by atoms with Gasteiger partial charge in [0, 0.05) is 12.5 Å². The highest BCUT2D eigenvalue weighted by molar-refractivity contribution is 7.88. The number of carbonyl (C=O) groups is 1. The van der Waals surface area contributed by atoms with Crippen molar-refractivity contribution in [1.82, 2.24) is 10.0 Å². The van der Waals surface area contributed by atoms with Crippen LogP contribution in [0.2, 0.25) is 0 Å². The molecule has 0 aromatic heterocycles. The van der Waals surface area contributed by atoms with Gasteiger partial charge < -0.3 is 10.1 Å². The Balaban J connectivity index is 2.85. The van der Waals surface area contributed by atoms with Gasteiger partial charge in [-0.2, -0.15) is 0 Å². The molecule has 1 amide bonds. The first kappa shape index (κ1) is 19.4. The van der Waals surface area contributed by atoms with E-state index in [1.165, 1.54) is 0 Å². The standard InChI is InChI=1S/C16H26N2O4S/c1-5-6-12(2)17-16(19)11-15(18-23(4,20)21)13-7-9-14(22-3)10-8-13/h7-10,12,15,18H,5-6,11H2,1-4H3,(H,17,19)/t12-,15-/m1/s1. The SMILES string of the molecule is CCC[C@@H](C)NC(=O)C[C@@H](NS(C)(=O)=O)c1ccc(OC)cc1. The summed E-state index contributed by atoms with van der Waals surface area (Å²) in [6, 6.07) is 6.45. The largest absolute Gasteiger partial charge is 0.497 e. The van der Waals surface area contributed by atoms with E-state index in [0.29, 0.717) is 5.75 Å². The highest BCUT2D eigenvalue weighted by Crippen LogP contribution is 2.21. The van der Waals surface area contributed by atoms with Crippen molar-refractivity contribution in [2.75, 3.05) is 13.4 Å². The summed E-state index contributed by atoms with van der Waals surface area (Å²) in [4.78, 5) is 12.2. The van der Waals surface area contributed by atoms with Gasteiger partial charge in [0.15, 0.2) is 0 Å². The van der Waals surface area contributed by atoms with Crippen LogP contribution >= 0.6 is 0 Å². The van der Waals surface area contributed by atoms with E-state index in [0.717, 1.165) is 24.7 Å². The third-order valence-corrected chi connectivity index (χ3v) is 4.11. The summed E-state index contributed by atoms with van der Waals surface area (Å²) in [6.45, 7) is 3.99. The van der Waals surface area contributed by atoms with Gasteiger partial charge in [0.1, 0.15) is 5.75 Å². The zero-order valence-corrected chi connectivity index (χ0v) is 14.9. The second-order valence-corrected chi connectivity index (χ2v) is 7.46. The molecular weight excluding hydrogens is 316 g/mol. The molecule has 0 heterocycles. The van der Waals surface area contributed by atoms with E-state index in [1.54, 1.807) is 31.4 Å². The second-order valence-electron chi connectivity index (χ2n) is 5.68. The van der Waals surface area contributed by atoms with E-state index in [2.05, 4.69) is 10.0 Å². The van der Waals surface area contributed by atoms with Crippen LogP contribution in [0.1, 0.15) is 44.7 Å². The second kappa shape index (κ2) is 8.88. The predicted molar refractivity (Wildman–Crippen MR) is 90.8 cm³/mol. The fourth-order valence-electron chi connectivity index (χ4n) is 2.35. The molecule has 0 saturated heterocycles. The molecule has 6 nitrogen and oxygen atoms in total.